The normalized spacial score (nSPS) is 18.2. The minimum atomic E-state index is -4.66. The predicted molar refractivity (Wildman–Crippen MR) is 464 cm³/mol. The number of fused-ring (bicyclic) bond motifs is 4. The highest BCUT2D eigenvalue weighted by Crippen LogP contribution is 2.44. The summed E-state index contributed by atoms with van der Waals surface area (Å²) in [6.07, 6.45) is 6.19. The van der Waals surface area contributed by atoms with Crippen molar-refractivity contribution in [3.63, 3.8) is 0 Å². The van der Waals surface area contributed by atoms with Crippen LogP contribution < -0.4 is 21.3 Å². The average molecular weight is 1830 g/mol. The number of carbonyl (C=O) groups is 4. The fourth-order valence-corrected chi connectivity index (χ4v) is 18.0. The number of amides is 4. The van der Waals surface area contributed by atoms with Crippen LogP contribution in [0.2, 0.25) is 0 Å². The number of nitrogens with zero attached hydrogens (tertiary/aromatic N) is 20. The molecule has 4 unspecified atom stereocenters. The van der Waals surface area contributed by atoms with E-state index in [1.807, 2.05) is 18.9 Å². The zero-order valence-corrected chi connectivity index (χ0v) is 73.7. The van der Waals surface area contributed by atoms with E-state index in [-0.39, 0.29) is 87.2 Å². The highest BCUT2D eigenvalue weighted by atomic mass is 19.4. The summed E-state index contributed by atoms with van der Waals surface area (Å²) in [5.74, 6) is -0.207. The number of nitrogens with one attached hydrogen (secondary N) is 4. The first-order chi connectivity index (χ1) is 63.2. The summed E-state index contributed by atoms with van der Waals surface area (Å²) in [6, 6.07) is 18.3. The molecule has 0 bridgehead atoms. The average Bonchev–Trinajstić information content (AvgIpc) is 1.63. The Hall–Kier alpha value is -13.2. The Balaban J connectivity index is 0.000000123. The summed E-state index contributed by atoms with van der Waals surface area (Å²) in [5.41, 5.74) is 9.77. The van der Waals surface area contributed by atoms with E-state index >= 15 is 4.39 Å². The van der Waals surface area contributed by atoms with Gasteiger partial charge in [-0.1, -0.05) is 18.2 Å². The lowest BCUT2D eigenvalue weighted by molar-refractivity contribution is -0.141. The third kappa shape index (κ3) is 19.3. The van der Waals surface area contributed by atoms with Crippen molar-refractivity contribution >= 4 is 69.6 Å². The summed E-state index contributed by atoms with van der Waals surface area (Å²) in [7, 11) is 6.38. The van der Waals surface area contributed by atoms with E-state index in [0.717, 1.165) is 111 Å². The van der Waals surface area contributed by atoms with Crippen molar-refractivity contribution in [3.05, 3.63) is 190 Å². The van der Waals surface area contributed by atoms with Crippen LogP contribution in [0.25, 0.3) is 44.5 Å². The number of ether oxygens (including phenoxy) is 4. The lowest BCUT2D eigenvalue weighted by atomic mass is 10.0. The van der Waals surface area contributed by atoms with Crippen LogP contribution in [-0.2, 0) is 131 Å². The van der Waals surface area contributed by atoms with Crippen molar-refractivity contribution in [1.29, 1.82) is 0 Å². The molecular weight excluding hydrogens is 1740 g/mol. The van der Waals surface area contributed by atoms with Gasteiger partial charge in [0.15, 0.2) is 34.7 Å². The van der Waals surface area contributed by atoms with Gasteiger partial charge in [-0.15, -0.1) is 0 Å². The zero-order valence-electron chi connectivity index (χ0n) is 73.7. The first-order valence-corrected chi connectivity index (χ1v) is 43.4. The van der Waals surface area contributed by atoms with E-state index in [4.69, 9.17) is 39.3 Å². The molecule has 8 aliphatic heterocycles. The molecule has 4 atom stereocenters. The van der Waals surface area contributed by atoms with Gasteiger partial charge < -0.3 is 59.8 Å². The molecule has 32 nitrogen and oxygen atoms in total. The van der Waals surface area contributed by atoms with Crippen LogP contribution >= 0.6 is 0 Å². The Labute approximate surface area is 750 Å². The van der Waals surface area contributed by atoms with E-state index in [9.17, 15) is 58.7 Å². The summed E-state index contributed by atoms with van der Waals surface area (Å²) in [5, 5.41) is 47.2. The van der Waals surface area contributed by atoms with Gasteiger partial charge in [0.25, 0.3) is 0 Å². The fraction of sp³-hybridized carbons (Fsp3) is 0.422. The Kier molecular flexibility index (Phi) is 25.8. The lowest BCUT2D eigenvalue weighted by Crippen LogP contribution is -2.35. The van der Waals surface area contributed by atoms with Gasteiger partial charge in [-0.05, 0) is 85.3 Å². The number of anilines is 8. The van der Waals surface area contributed by atoms with Gasteiger partial charge in [0.05, 0.1) is 101 Å². The van der Waals surface area contributed by atoms with Crippen molar-refractivity contribution in [3.8, 4) is 44.5 Å². The number of alkyl halides is 6. The van der Waals surface area contributed by atoms with Gasteiger partial charge in [0.2, 0.25) is 23.6 Å². The molecule has 0 spiro atoms. The minimum absolute atomic E-state index is 0.00911. The second kappa shape index (κ2) is 37.6. The number of hydrogen-bond acceptors (Lipinski definition) is 20. The Morgan fingerprint density at radius 2 is 0.705 bits per heavy atom. The summed E-state index contributed by atoms with van der Waals surface area (Å²) in [6.45, 7) is 15.4. The van der Waals surface area contributed by atoms with Gasteiger partial charge in [0, 0.05) is 255 Å². The number of rotatable bonds is 16. The molecule has 132 heavy (non-hydrogen) atoms. The molecule has 8 aliphatic rings. The Bertz CT molecular complexity index is 6290. The predicted octanol–water partition coefficient (Wildman–Crippen LogP) is 14.2. The number of carbonyl (C=O) groups excluding carboxylic acids is 4. The molecule has 4 fully saturated rings. The molecule has 4 saturated heterocycles. The highest BCUT2D eigenvalue weighted by molar-refractivity contribution is 5.79. The van der Waals surface area contributed by atoms with Crippen LogP contribution in [0.3, 0.4) is 0 Å². The van der Waals surface area contributed by atoms with Crippen molar-refractivity contribution in [2.24, 2.45) is 28.2 Å². The molecule has 8 aromatic heterocycles. The highest BCUT2D eigenvalue weighted by Gasteiger charge is 2.41. The quantitative estimate of drug-likeness (QED) is 0.0653. The van der Waals surface area contributed by atoms with Crippen molar-refractivity contribution in [2.45, 2.75) is 142 Å². The molecule has 4 amide bonds. The molecule has 696 valence electrons. The summed E-state index contributed by atoms with van der Waals surface area (Å²) >= 11 is 0. The maximum absolute atomic E-state index is 15.1. The molecule has 0 aliphatic carbocycles. The van der Waals surface area contributed by atoms with Crippen LogP contribution in [0.15, 0.2) is 110 Å². The van der Waals surface area contributed by atoms with Crippen molar-refractivity contribution in [1.82, 2.24) is 97.8 Å². The number of benzene rings is 4. The lowest BCUT2D eigenvalue weighted by Gasteiger charge is -2.27. The molecule has 4 N–H and O–H groups in total. The molecule has 4 aromatic carbocycles. The van der Waals surface area contributed by atoms with E-state index in [1.54, 1.807) is 107 Å². The van der Waals surface area contributed by atoms with Gasteiger partial charge in [0.1, 0.15) is 23.3 Å². The molecular formula is C90H98F10N24O8. The second-order valence-electron chi connectivity index (χ2n) is 33.9. The molecule has 20 rings (SSSR count). The van der Waals surface area contributed by atoms with Crippen LogP contribution in [0, 0.1) is 23.3 Å². The number of aromatic nitrogens is 16. The van der Waals surface area contributed by atoms with E-state index in [1.165, 1.54) is 70.8 Å². The number of hydrogen-bond donors (Lipinski definition) is 4. The van der Waals surface area contributed by atoms with Gasteiger partial charge in [-0.2, -0.15) is 67.1 Å². The maximum Gasteiger partial charge on any atom is 0.435 e. The van der Waals surface area contributed by atoms with E-state index in [0.29, 0.717) is 169 Å². The molecule has 42 heteroatoms. The molecule has 12 aromatic rings. The third-order valence-electron chi connectivity index (χ3n) is 24.9. The van der Waals surface area contributed by atoms with Gasteiger partial charge in [-0.3, -0.25) is 56.6 Å². The smallest absolute Gasteiger partial charge is 0.379 e. The number of halogens is 10. The monoisotopic (exact) mass is 1830 g/mol. The Morgan fingerprint density at radius 3 is 1.06 bits per heavy atom. The standard InChI is InChI=1S/C23H24F4N6O2.C23H25F3N6O2.C22H24F2N6O2.C22H25FN6O2/c1-13(34)32-7-5-20-17(11-32)22(30-33(20)15-6-8-35-12-15)28-19-4-3-14(9-18(19)24)16-10-31(2)29-21(16)23(25,26)27;1-14(33)31-9-7-20-19(12-31)22(29-32(20)17-8-10-34-13-17)27-16-5-3-15(4-6-16)18-11-30(2)28-21(18)23(24,25)26;1-13(31)29-5-3-21-17(11-29)22(27-30(21)15-4-6-32-12-15)26-20-7-16(18(23)8-19(20)24)14-9-25-28(2)10-14;1-14(30)28-7-5-21-19(12-28)22(26-29(21)17-6-8-31-13-17)25-16-3-4-20(23)18(9-16)15-10-24-27(2)11-15/h3-4,9-10,15H,5-8,11-12H2,1-2H3,(H,28,30);3-6,11,17H,7-10,12-13H2,1-2H3,(H,27,29);7-10,15H,3-6,11-12H2,1-2H3,(H,26,27);3-4,9-11,17H,5-8,12-13H2,1-2H3,(H,25,26). The van der Waals surface area contributed by atoms with Crippen molar-refractivity contribution in [2.75, 3.05) is 100 Å². The van der Waals surface area contributed by atoms with Crippen LogP contribution in [0.1, 0.15) is 134 Å². The van der Waals surface area contributed by atoms with E-state index < -0.39 is 41.2 Å². The van der Waals surface area contributed by atoms with Gasteiger partial charge >= 0.3 is 12.4 Å². The SMILES string of the molecule is CC(=O)N1CCc2c(c(Nc3cc(-c4cnn(C)c4)c(F)cc3F)nn2C2CCOC2)C1.CC(=O)N1CCc2c(c(Nc3ccc(-c4cn(C)nc4C(F)(F)F)cc3)nn2C2CCOC2)C1.CC(=O)N1CCc2c(c(Nc3ccc(-c4cn(C)nc4C(F)(F)F)cc3F)nn2C2CCOC2)C1.CC(=O)N1CCc2c(c(Nc3ccc(F)c(-c4cnn(C)c4)c3)nn2C2CCOC2)C1. The fourth-order valence-electron chi connectivity index (χ4n) is 18.0. The van der Waals surface area contributed by atoms with Crippen LogP contribution in [0.5, 0.6) is 0 Å². The third-order valence-corrected chi connectivity index (χ3v) is 24.9. The van der Waals surface area contributed by atoms with Crippen LogP contribution in [-0.4, -0.2) is 201 Å². The first kappa shape index (κ1) is 90.7. The largest absolute Gasteiger partial charge is 0.435 e. The summed E-state index contributed by atoms with van der Waals surface area (Å²) < 4.78 is 175. The number of aryl methyl sites for hydroxylation is 4. The van der Waals surface area contributed by atoms with E-state index in [2.05, 4.69) is 46.3 Å². The maximum atomic E-state index is 15.1. The first-order valence-electron chi connectivity index (χ1n) is 43.4. The minimum Gasteiger partial charge on any atom is -0.379 e. The molecule has 0 saturated carbocycles. The summed E-state index contributed by atoms with van der Waals surface area (Å²) in [4.78, 5) is 55.0. The molecule has 0 radical (unpaired) electrons. The zero-order chi connectivity index (χ0) is 92.9. The van der Waals surface area contributed by atoms with Gasteiger partial charge in [-0.25, -0.2) is 17.6 Å². The topological polar surface area (TPSA) is 309 Å². The second-order valence-corrected chi connectivity index (χ2v) is 33.9. The molecule has 16 heterocycles. The van der Waals surface area contributed by atoms with Crippen LogP contribution in [0.4, 0.5) is 89.9 Å². The van der Waals surface area contributed by atoms with Crippen molar-refractivity contribution < 1.29 is 82.0 Å². The Morgan fingerprint density at radius 1 is 0.356 bits per heavy atom.